The van der Waals surface area contributed by atoms with Gasteiger partial charge in [0.15, 0.2) is 6.04 Å². The maximum Gasteiger partial charge on any atom is 0.322 e. The SMILES string of the molecule is CCCCCCCCCCCCCCCCCNC(=O)C1NC(=O)NC1=O. The number of hydrogen-bond donors (Lipinski definition) is 3. The Labute approximate surface area is 164 Å². The molecule has 0 radical (unpaired) electrons. The molecule has 0 aliphatic carbocycles. The minimum Gasteiger partial charge on any atom is -0.354 e. The minimum atomic E-state index is -1.08. The number of amides is 4. The summed E-state index contributed by atoms with van der Waals surface area (Å²) in [6, 6.07) is -1.68. The van der Waals surface area contributed by atoms with Gasteiger partial charge in [0, 0.05) is 6.54 Å². The number of carbonyl (C=O) groups excluding carboxylic acids is 3. The average molecular weight is 382 g/mol. The number of urea groups is 1. The summed E-state index contributed by atoms with van der Waals surface area (Å²) in [6.07, 6.45) is 19.6. The second-order valence-corrected chi connectivity index (χ2v) is 7.64. The van der Waals surface area contributed by atoms with Crippen molar-refractivity contribution in [2.75, 3.05) is 6.54 Å². The number of carbonyl (C=O) groups is 3. The lowest BCUT2D eigenvalue weighted by Crippen LogP contribution is -2.45. The molecule has 1 fully saturated rings. The van der Waals surface area contributed by atoms with Crippen molar-refractivity contribution in [3.63, 3.8) is 0 Å². The van der Waals surface area contributed by atoms with Crippen LogP contribution in [0.4, 0.5) is 4.79 Å². The van der Waals surface area contributed by atoms with Crippen molar-refractivity contribution < 1.29 is 14.4 Å². The quantitative estimate of drug-likeness (QED) is 0.201. The first-order chi connectivity index (χ1) is 13.1. The van der Waals surface area contributed by atoms with Gasteiger partial charge in [-0.2, -0.15) is 0 Å². The summed E-state index contributed by atoms with van der Waals surface area (Å²) < 4.78 is 0. The molecule has 156 valence electrons. The molecular weight excluding hydrogens is 342 g/mol. The average Bonchev–Trinajstić information content (AvgIpc) is 2.99. The Kier molecular flexibility index (Phi) is 13.4. The molecular formula is C21H39N3O3. The van der Waals surface area contributed by atoms with Crippen LogP contribution in [-0.4, -0.2) is 30.4 Å². The number of nitrogens with one attached hydrogen (secondary N) is 3. The van der Waals surface area contributed by atoms with Crippen LogP contribution in [0.1, 0.15) is 103 Å². The Hall–Kier alpha value is -1.59. The highest BCUT2D eigenvalue weighted by Gasteiger charge is 2.35. The molecule has 1 rings (SSSR count). The molecule has 3 N–H and O–H groups in total. The Morgan fingerprint density at radius 2 is 1.22 bits per heavy atom. The molecule has 1 atom stereocenters. The zero-order valence-corrected chi connectivity index (χ0v) is 17.1. The van der Waals surface area contributed by atoms with Crippen LogP contribution in [0, 0.1) is 0 Å². The van der Waals surface area contributed by atoms with Gasteiger partial charge in [-0.25, -0.2) is 4.79 Å². The third-order valence-electron chi connectivity index (χ3n) is 5.12. The normalized spacial score (nSPS) is 16.3. The summed E-state index contributed by atoms with van der Waals surface area (Å²) >= 11 is 0. The maximum atomic E-state index is 11.8. The van der Waals surface area contributed by atoms with Gasteiger partial charge in [0.1, 0.15) is 0 Å². The van der Waals surface area contributed by atoms with Gasteiger partial charge in [-0.05, 0) is 6.42 Å². The summed E-state index contributed by atoms with van der Waals surface area (Å²) in [7, 11) is 0. The smallest absolute Gasteiger partial charge is 0.322 e. The highest BCUT2D eigenvalue weighted by Crippen LogP contribution is 2.13. The van der Waals surface area contributed by atoms with Gasteiger partial charge in [-0.3, -0.25) is 14.9 Å². The number of unbranched alkanes of at least 4 members (excludes halogenated alkanes) is 14. The van der Waals surface area contributed by atoms with Crippen LogP contribution in [0.2, 0.25) is 0 Å². The molecule has 0 spiro atoms. The largest absolute Gasteiger partial charge is 0.354 e. The first-order valence-corrected chi connectivity index (χ1v) is 11.0. The molecule has 0 bridgehead atoms. The summed E-state index contributed by atoms with van der Waals surface area (Å²) in [5.41, 5.74) is 0. The van der Waals surface area contributed by atoms with Crippen molar-refractivity contribution in [2.45, 2.75) is 109 Å². The van der Waals surface area contributed by atoms with E-state index in [9.17, 15) is 14.4 Å². The minimum absolute atomic E-state index is 0.427. The van der Waals surface area contributed by atoms with E-state index in [1.807, 2.05) is 0 Å². The van der Waals surface area contributed by atoms with E-state index in [0.717, 1.165) is 12.8 Å². The third kappa shape index (κ3) is 11.7. The second kappa shape index (κ2) is 15.5. The molecule has 6 heteroatoms. The molecule has 0 aromatic heterocycles. The molecule has 0 aromatic carbocycles. The van der Waals surface area contributed by atoms with E-state index >= 15 is 0 Å². The van der Waals surface area contributed by atoms with Gasteiger partial charge in [-0.1, -0.05) is 96.8 Å². The van der Waals surface area contributed by atoms with E-state index < -0.39 is 23.9 Å². The molecule has 6 nitrogen and oxygen atoms in total. The number of imide groups is 1. The van der Waals surface area contributed by atoms with Crippen LogP contribution >= 0.6 is 0 Å². The lowest BCUT2D eigenvalue weighted by molar-refractivity contribution is -0.129. The molecule has 1 unspecified atom stereocenters. The van der Waals surface area contributed by atoms with E-state index in [1.54, 1.807) is 0 Å². The fraction of sp³-hybridized carbons (Fsp3) is 0.857. The van der Waals surface area contributed by atoms with E-state index in [1.165, 1.54) is 83.5 Å². The van der Waals surface area contributed by atoms with Crippen molar-refractivity contribution in [1.82, 2.24) is 16.0 Å². The fourth-order valence-corrected chi connectivity index (χ4v) is 3.41. The zero-order valence-electron chi connectivity index (χ0n) is 17.1. The van der Waals surface area contributed by atoms with Crippen molar-refractivity contribution in [1.29, 1.82) is 0 Å². The molecule has 1 aliphatic heterocycles. The van der Waals surface area contributed by atoms with E-state index in [-0.39, 0.29) is 0 Å². The maximum absolute atomic E-state index is 11.8. The Balaban J connectivity index is 1.78. The van der Waals surface area contributed by atoms with Gasteiger partial charge in [-0.15, -0.1) is 0 Å². The van der Waals surface area contributed by atoms with Crippen molar-refractivity contribution in [2.24, 2.45) is 0 Å². The van der Waals surface area contributed by atoms with Crippen LogP contribution in [0.15, 0.2) is 0 Å². The highest BCUT2D eigenvalue weighted by molar-refractivity contribution is 6.15. The van der Waals surface area contributed by atoms with Crippen molar-refractivity contribution in [3.05, 3.63) is 0 Å². The van der Waals surface area contributed by atoms with E-state index in [4.69, 9.17) is 0 Å². The number of rotatable bonds is 17. The summed E-state index contributed by atoms with van der Waals surface area (Å²) in [4.78, 5) is 34.1. The van der Waals surface area contributed by atoms with Crippen LogP contribution in [-0.2, 0) is 9.59 Å². The van der Waals surface area contributed by atoms with Crippen LogP contribution < -0.4 is 16.0 Å². The molecule has 27 heavy (non-hydrogen) atoms. The Bertz CT molecular complexity index is 440. The van der Waals surface area contributed by atoms with Crippen LogP contribution in [0.25, 0.3) is 0 Å². The zero-order chi connectivity index (χ0) is 19.7. The second-order valence-electron chi connectivity index (χ2n) is 7.64. The molecule has 0 saturated carbocycles. The van der Waals surface area contributed by atoms with Gasteiger partial charge in [0.2, 0.25) is 0 Å². The molecule has 1 saturated heterocycles. The summed E-state index contributed by atoms with van der Waals surface area (Å²) in [6.45, 7) is 2.81. The topological polar surface area (TPSA) is 87.3 Å². The first-order valence-electron chi connectivity index (χ1n) is 11.0. The number of hydrogen-bond acceptors (Lipinski definition) is 3. The molecule has 1 heterocycles. The first kappa shape index (κ1) is 23.4. The predicted octanol–water partition coefficient (Wildman–Crippen LogP) is 4.18. The molecule has 4 amide bonds. The van der Waals surface area contributed by atoms with Gasteiger partial charge in [0.25, 0.3) is 11.8 Å². The molecule has 1 aliphatic rings. The van der Waals surface area contributed by atoms with E-state index in [0.29, 0.717) is 6.54 Å². The summed E-state index contributed by atoms with van der Waals surface area (Å²) in [5, 5.41) is 7.06. The monoisotopic (exact) mass is 381 g/mol. The van der Waals surface area contributed by atoms with E-state index in [2.05, 4.69) is 22.9 Å². The standard InChI is InChI=1S/C21H39N3O3/c1-2-3-4-5-6-7-8-9-10-11-12-13-14-15-16-17-22-19(25)18-20(26)24-21(27)23-18/h18H,2-17H2,1H3,(H,22,25)(H2,23,24,26,27). The van der Waals surface area contributed by atoms with Gasteiger partial charge in [0.05, 0.1) is 0 Å². The highest BCUT2D eigenvalue weighted by atomic mass is 16.2. The third-order valence-corrected chi connectivity index (χ3v) is 5.12. The lowest BCUT2D eigenvalue weighted by atomic mass is 10.0. The van der Waals surface area contributed by atoms with Crippen LogP contribution in [0.5, 0.6) is 0 Å². The van der Waals surface area contributed by atoms with Crippen molar-refractivity contribution >= 4 is 17.8 Å². The Morgan fingerprint density at radius 3 is 1.63 bits per heavy atom. The lowest BCUT2D eigenvalue weighted by Gasteiger charge is -2.08. The summed E-state index contributed by atoms with van der Waals surface area (Å²) in [5.74, 6) is -1.00. The van der Waals surface area contributed by atoms with Gasteiger partial charge >= 0.3 is 6.03 Å². The fourth-order valence-electron chi connectivity index (χ4n) is 3.41. The Morgan fingerprint density at radius 1 is 0.778 bits per heavy atom. The molecule has 0 aromatic rings. The predicted molar refractivity (Wildman–Crippen MR) is 108 cm³/mol. The van der Waals surface area contributed by atoms with Crippen LogP contribution in [0.3, 0.4) is 0 Å². The van der Waals surface area contributed by atoms with Gasteiger partial charge < -0.3 is 10.6 Å². The van der Waals surface area contributed by atoms with Crippen molar-refractivity contribution in [3.8, 4) is 0 Å².